The van der Waals surface area contributed by atoms with E-state index in [4.69, 9.17) is 10.00 Å². The quantitative estimate of drug-likeness (QED) is 0.802. The maximum absolute atomic E-state index is 12.0. The number of para-hydroxylation sites is 1. The van der Waals surface area contributed by atoms with E-state index in [1.165, 1.54) is 0 Å². The van der Waals surface area contributed by atoms with Gasteiger partial charge in [0.2, 0.25) is 0 Å². The van der Waals surface area contributed by atoms with E-state index >= 15 is 0 Å². The topological polar surface area (TPSA) is 91.2 Å². The van der Waals surface area contributed by atoms with Gasteiger partial charge in [-0.15, -0.1) is 0 Å². The second kappa shape index (κ2) is 9.23. The van der Waals surface area contributed by atoms with Crippen molar-refractivity contribution in [1.29, 1.82) is 5.26 Å². The number of nitrogens with one attached hydrogen (secondary N) is 2. The predicted molar refractivity (Wildman–Crippen MR) is 98.9 cm³/mol. The van der Waals surface area contributed by atoms with E-state index in [1.807, 2.05) is 19.9 Å². The van der Waals surface area contributed by atoms with Crippen molar-refractivity contribution in [3.8, 4) is 11.8 Å². The third-order valence-corrected chi connectivity index (χ3v) is 3.47. The normalized spacial score (nSPS) is 10.1. The molecular formula is C20H21N3O3. The van der Waals surface area contributed by atoms with E-state index < -0.39 is 0 Å². The second-order valence-corrected chi connectivity index (χ2v) is 6.13. The molecule has 0 radical (unpaired) electrons. The molecule has 0 saturated carbocycles. The van der Waals surface area contributed by atoms with Crippen LogP contribution in [-0.4, -0.2) is 25.0 Å². The van der Waals surface area contributed by atoms with Crippen molar-refractivity contribution in [3.05, 3.63) is 59.7 Å². The predicted octanol–water partition coefficient (Wildman–Crippen LogP) is 2.96. The number of amides is 2. The molecular weight excluding hydrogens is 330 g/mol. The zero-order valence-corrected chi connectivity index (χ0v) is 14.8. The Kier molecular flexibility index (Phi) is 6.75. The smallest absolute Gasteiger partial charge is 0.262 e. The van der Waals surface area contributed by atoms with Crippen molar-refractivity contribution in [2.45, 2.75) is 13.8 Å². The molecule has 0 bridgehead atoms. The number of benzene rings is 2. The Morgan fingerprint density at radius 3 is 2.46 bits per heavy atom. The van der Waals surface area contributed by atoms with Gasteiger partial charge in [0.1, 0.15) is 11.8 Å². The van der Waals surface area contributed by atoms with Crippen LogP contribution < -0.4 is 15.4 Å². The second-order valence-electron chi connectivity index (χ2n) is 6.13. The number of carbonyl (C=O) groups is 2. The van der Waals surface area contributed by atoms with E-state index in [0.29, 0.717) is 35.0 Å². The Balaban J connectivity index is 1.87. The lowest BCUT2D eigenvalue weighted by molar-refractivity contribution is -0.118. The van der Waals surface area contributed by atoms with Crippen molar-refractivity contribution in [1.82, 2.24) is 5.32 Å². The zero-order chi connectivity index (χ0) is 18.9. The molecule has 6 heteroatoms. The molecule has 2 N–H and O–H groups in total. The molecule has 2 aromatic rings. The van der Waals surface area contributed by atoms with Gasteiger partial charge < -0.3 is 15.4 Å². The highest BCUT2D eigenvalue weighted by molar-refractivity contribution is 5.96. The SMILES string of the molecule is CC(C)CNC(=O)c1ccc(NC(=O)COc2ccccc2C#N)cc1. The fourth-order valence-electron chi connectivity index (χ4n) is 2.13. The van der Waals surface area contributed by atoms with Crippen molar-refractivity contribution < 1.29 is 14.3 Å². The fourth-order valence-corrected chi connectivity index (χ4v) is 2.13. The molecule has 0 aliphatic rings. The molecule has 2 aromatic carbocycles. The molecule has 0 heterocycles. The van der Waals surface area contributed by atoms with Gasteiger partial charge in [-0.05, 0) is 42.3 Å². The maximum Gasteiger partial charge on any atom is 0.262 e. The summed E-state index contributed by atoms with van der Waals surface area (Å²) >= 11 is 0. The van der Waals surface area contributed by atoms with E-state index in [2.05, 4.69) is 10.6 Å². The van der Waals surface area contributed by atoms with Crippen LogP contribution >= 0.6 is 0 Å². The van der Waals surface area contributed by atoms with Crippen LogP contribution in [0, 0.1) is 17.2 Å². The molecule has 0 aromatic heterocycles. The molecule has 0 unspecified atom stereocenters. The minimum Gasteiger partial charge on any atom is -0.482 e. The summed E-state index contributed by atoms with van der Waals surface area (Å²) in [5, 5.41) is 14.5. The number of ether oxygens (including phenoxy) is 1. The Hall–Kier alpha value is -3.33. The first-order valence-electron chi connectivity index (χ1n) is 8.29. The summed E-state index contributed by atoms with van der Waals surface area (Å²) in [7, 11) is 0. The van der Waals surface area contributed by atoms with Crippen LogP contribution in [0.3, 0.4) is 0 Å². The van der Waals surface area contributed by atoms with E-state index in [9.17, 15) is 9.59 Å². The van der Waals surface area contributed by atoms with Crippen LogP contribution in [0.2, 0.25) is 0 Å². The minimum atomic E-state index is -0.352. The summed E-state index contributed by atoms with van der Waals surface area (Å²) in [5.41, 5.74) is 1.47. The molecule has 0 saturated heterocycles. The van der Waals surface area contributed by atoms with Gasteiger partial charge in [-0.2, -0.15) is 5.26 Å². The summed E-state index contributed by atoms with van der Waals surface area (Å²) in [6.07, 6.45) is 0. The Morgan fingerprint density at radius 1 is 1.12 bits per heavy atom. The largest absolute Gasteiger partial charge is 0.482 e. The molecule has 0 aliphatic carbocycles. The average Bonchev–Trinajstić information content (AvgIpc) is 2.65. The first-order chi connectivity index (χ1) is 12.5. The van der Waals surface area contributed by atoms with Gasteiger partial charge in [0.25, 0.3) is 11.8 Å². The van der Waals surface area contributed by atoms with Gasteiger partial charge in [-0.1, -0.05) is 26.0 Å². The van der Waals surface area contributed by atoms with Crippen molar-refractivity contribution in [2.24, 2.45) is 5.92 Å². The number of nitrogens with zero attached hydrogens (tertiary/aromatic N) is 1. The standard InChI is InChI=1S/C20H21N3O3/c1-14(2)12-22-20(25)15-7-9-17(10-8-15)23-19(24)13-26-18-6-4-3-5-16(18)11-21/h3-10,14H,12-13H2,1-2H3,(H,22,25)(H,23,24). The van der Waals surface area contributed by atoms with Crippen LogP contribution in [0.25, 0.3) is 0 Å². The number of anilines is 1. The molecule has 26 heavy (non-hydrogen) atoms. The van der Waals surface area contributed by atoms with E-state index in [0.717, 1.165) is 0 Å². The third-order valence-electron chi connectivity index (χ3n) is 3.47. The molecule has 0 atom stereocenters. The Bertz CT molecular complexity index is 808. The lowest BCUT2D eigenvalue weighted by Gasteiger charge is -2.10. The summed E-state index contributed by atoms with van der Waals surface area (Å²) in [5.74, 6) is 0.244. The summed E-state index contributed by atoms with van der Waals surface area (Å²) in [6.45, 7) is 4.44. The summed E-state index contributed by atoms with van der Waals surface area (Å²) in [4.78, 5) is 23.9. The van der Waals surface area contributed by atoms with Gasteiger partial charge in [-0.25, -0.2) is 0 Å². The molecule has 2 rings (SSSR count). The van der Waals surface area contributed by atoms with Crippen LogP contribution in [0.1, 0.15) is 29.8 Å². The maximum atomic E-state index is 12.0. The first-order valence-corrected chi connectivity index (χ1v) is 8.29. The van der Waals surface area contributed by atoms with Crippen molar-refractivity contribution in [3.63, 3.8) is 0 Å². The van der Waals surface area contributed by atoms with Gasteiger partial charge in [-0.3, -0.25) is 9.59 Å². The Morgan fingerprint density at radius 2 is 1.81 bits per heavy atom. The van der Waals surface area contributed by atoms with Crippen molar-refractivity contribution >= 4 is 17.5 Å². The highest BCUT2D eigenvalue weighted by Crippen LogP contribution is 2.16. The fraction of sp³-hybridized carbons (Fsp3) is 0.250. The highest BCUT2D eigenvalue weighted by Gasteiger charge is 2.09. The summed E-state index contributed by atoms with van der Waals surface area (Å²) < 4.78 is 5.38. The molecule has 0 aliphatic heterocycles. The van der Waals surface area contributed by atoms with Crippen LogP contribution in [0.4, 0.5) is 5.69 Å². The van der Waals surface area contributed by atoms with Gasteiger partial charge >= 0.3 is 0 Å². The summed E-state index contributed by atoms with van der Waals surface area (Å²) in [6, 6.07) is 15.3. The van der Waals surface area contributed by atoms with Gasteiger partial charge in [0.15, 0.2) is 6.61 Å². The highest BCUT2D eigenvalue weighted by atomic mass is 16.5. The van der Waals surface area contributed by atoms with E-state index in [-0.39, 0.29) is 18.4 Å². The molecule has 0 spiro atoms. The number of hydrogen-bond acceptors (Lipinski definition) is 4. The molecule has 2 amide bonds. The van der Waals surface area contributed by atoms with Crippen LogP contribution in [0.15, 0.2) is 48.5 Å². The molecule has 6 nitrogen and oxygen atoms in total. The average molecular weight is 351 g/mol. The number of hydrogen-bond donors (Lipinski definition) is 2. The lowest BCUT2D eigenvalue weighted by atomic mass is 10.1. The van der Waals surface area contributed by atoms with Crippen LogP contribution in [0.5, 0.6) is 5.75 Å². The molecule has 134 valence electrons. The third kappa shape index (κ3) is 5.64. The monoisotopic (exact) mass is 351 g/mol. The lowest BCUT2D eigenvalue weighted by Crippen LogP contribution is -2.27. The minimum absolute atomic E-state index is 0.145. The van der Waals surface area contributed by atoms with Gasteiger partial charge in [0.05, 0.1) is 5.56 Å². The zero-order valence-electron chi connectivity index (χ0n) is 14.8. The Labute approximate surface area is 152 Å². The van der Waals surface area contributed by atoms with Gasteiger partial charge in [0, 0.05) is 17.8 Å². The van der Waals surface area contributed by atoms with E-state index in [1.54, 1.807) is 48.5 Å². The molecule has 0 fully saturated rings. The first kappa shape index (κ1) is 19.0. The number of nitriles is 1. The van der Waals surface area contributed by atoms with Crippen molar-refractivity contribution in [2.75, 3.05) is 18.5 Å². The number of carbonyl (C=O) groups excluding carboxylic acids is 2. The number of rotatable bonds is 7. The van der Waals surface area contributed by atoms with Crippen LogP contribution in [-0.2, 0) is 4.79 Å².